The van der Waals surface area contributed by atoms with E-state index in [1.54, 1.807) is 19.1 Å². The second-order valence-corrected chi connectivity index (χ2v) is 17.6. The van der Waals surface area contributed by atoms with Crippen molar-refractivity contribution in [3.8, 4) is 34.5 Å². The molecule has 0 unspecified atom stereocenters. The lowest BCUT2D eigenvalue weighted by atomic mass is 10.1. The van der Waals surface area contributed by atoms with Crippen molar-refractivity contribution >= 4 is 53.2 Å². The zero-order valence-corrected chi connectivity index (χ0v) is 45.9. The highest BCUT2D eigenvalue weighted by atomic mass is 16.6. The minimum absolute atomic E-state index is 0.0279. The van der Waals surface area contributed by atoms with E-state index in [4.69, 9.17) is 56.2 Å². The van der Waals surface area contributed by atoms with E-state index in [2.05, 4.69) is 6.92 Å². The summed E-state index contributed by atoms with van der Waals surface area (Å²) in [5.74, 6) is -9.21. The van der Waals surface area contributed by atoms with E-state index >= 15 is 0 Å². The van der Waals surface area contributed by atoms with Crippen LogP contribution in [0.5, 0.6) is 34.5 Å². The average Bonchev–Trinajstić information content (AvgIpc) is 3.60. The number of nitro groups is 2. The van der Waals surface area contributed by atoms with E-state index in [-0.39, 0.29) is 45.3 Å². The van der Waals surface area contributed by atoms with Crippen LogP contribution in [-0.4, -0.2) is 118 Å². The summed E-state index contributed by atoms with van der Waals surface area (Å²) in [6.45, 7) is 6.92. The number of hydrogen-bond donors (Lipinski definition) is 13. The lowest BCUT2D eigenvalue weighted by Gasteiger charge is -2.01. The summed E-state index contributed by atoms with van der Waals surface area (Å²) in [5.41, 5.74) is -0.317. The highest BCUT2D eigenvalue weighted by Crippen LogP contribution is 2.32. The first kappa shape index (κ1) is 73.2. The smallest absolute Gasteiger partial charge is 0.339 e. The summed E-state index contributed by atoms with van der Waals surface area (Å²) >= 11 is 0. The number of phenols is 6. The Kier molecular flexibility index (Phi) is 33.8. The van der Waals surface area contributed by atoms with Gasteiger partial charge in [0.05, 0.1) is 26.5 Å². The Bertz CT molecular complexity index is 3030. The Morgan fingerprint density at radius 3 is 1.14 bits per heavy atom. The third-order valence-corrected chi connectivity index (χ3v) is 10.9. The normalized spacial score (nSPS) is 9.67. The third-order valence-electron chi connectivity index (χ3n) is 10.9. The van der Waals surface area contributed by atoms with Crippen LogP contribution in [0, 0.1) is 41.0 Å². The van der Waals surface area contributed by atoms with Crippen molar-refractivity contribution in [1.82, 2.24) is 0 Å². The molecule has 0 saturated carbocycles. The molecule has 0 aromatic heterocycles. The van der Waals surface area contributed by atoms with Crippen molar-refractivity contribution in [2.24, 2.45) is 0 Å². The molecule has 6 rings (SSSR count). The first-order valence-corrected chi connectivity index (χ1v) is 25.1. The van der Waals surface area contributed by atoms with Crippen molar-refractivity contribution in [2.45, 2.75) is 98.3 Å². The molecule has 0 heterocycles. The fraction of sp³-hybridized carbons (Fsp3) is 0.259. The predicted molar refractivity (Wildman–Crippen MR) is 302 cm³/mol. The predicted octanol–water partition coefficient (Wildman–Crippen LogP) is 11.7. The molecule has 452 valence electrons. The van der Waals surface area contributed by atoms with Gasteiger partial charge in [0.15, 0.2) is 0 Å². The molecule has 6 aromatic carbocycles. The number of carboxylic acids is 7. The molecular formula is C58H66N2O24. The fourth-order valence-electron chi connectivity index (χ4n) is 6.57. The van der Waals surface area contributed by atoms with Gasteiger partial charge in [0.1, 0.15) is 39.7 Å². The molecule has 84 heavy (non-hydrogen) atoms. The topological polar surface area (TPSA) is 469 Å². The number of nitrogens with zero attached hydrogens (tertiary/aromatic N) is 2. The van der Waals surface area contributed by atoms with Crippen LogP contribution in [0.1, 0.15) is 156 Å². The number of hydrogen-bond acceptors (Lipinski definition) is 17. The summed E-state index contributed by atoms with van der Waals surface area (Å²) < 4.78 is 0. The van der Waals surface area contributed by atoms with E-state index in [1.165, 1.54) is 156 Å². The minimum Gasteiger partial charge on any atom is -0.508 e. The van der Waals surface area contributed by atoms with Gasteiger partial charge in [0.2, 0.25) is 11.5 Å². The maximum Gasteiger partial charge on any atom is 0.339 e. The van der Waals surface area contributed by atoms with Crippen molar-refractivity contribution in [2.75, 3.05) is 0 Å². The number of aromatic hydroxyl groups is 6. The molecule has 13 N–H and O–H groups in total. The molecule has 0 bridgehead atoms. The SMILES string of the molecule is CCCCCCCCCCCCC(=O)O.Cc1cc(C(=O)O)c(O)c([N+](=O)[O-])c1.Cc1cc(C(=O)O)c(O)c([N+](=O)[O-])c1.Cc1cc(C(=O)O)ccc1O.O=C(O)c1ccc(O)cc1.O=C(O)c1cccc(O)c1.O=C(O)c1ccccc1O. The molecule has 0 saturated heterocycles. The molecule has 0 amide bonds. The lowest BCUT2D eigenvalue weighted by Crippen LogP contribution is -2.00. The summed E-state index contributed by atoms with van der Waals surface area (Å²) in [6, 6.07) is 25.4. The Balaban J connectivity index is 0.000000962. The Morgan fingerprint density at radius 2 is 0.798 bits per heavy atom. The second kappa shape index (κ2) is 38.7. The van der Waals surface area contributed by atoms with Crippen LogP contribution in [0.4, 0.5) is 11.4 Å². The number of rotatable bonds is 19. The van der Waals surface area contributed by atoms with E-state index in [0.717, 1.165) is 25.0 Å². The number of unbranched alkanes of at least 4 members (excludes halogenated alkanes) is 9. The van der Waals surface area contributed by atoms with Crippen LogP contribution in [0.3, 0.4) is 0 Å². The van der Waals surface area contributed by atoms with Crippen molar-refractivity contribution < 1.29 is 110 Å². The van der Waals surface area contributed by atoms with Gasteiger partial charge >= 0.3 is 53.2 Å². The van der Waals surface area contributed by atoms with Gasteiger partial charge in [-0.2, -0.15) is 0 Å². The number of benzene rings is 6. The molecule has 0 aliphatic rings. The molecule has 0 radical (unpaired) electrons. The van der Waals surface area contributed by atoms with E-state index in [1.807, 2.05) is 0 Å². The largest absolute Gasteiger partial charge is 0.508 e. The minimum atomic E-state index is -1.39. The molecule has 0 spiro atoms. The van der Waals surface area contributed by atoms with Gasteiger partial charge in [0, 0.05) is 18.6 Å². The van der Waals surface area contributed by atoms with Crippen molar-refractivity contribution in [3.63, 3.8) is 0 Å². The maximum atomic E-state index is 10.6. The molecule has 0 atom stereocenters. The molecule has 0 fully saturated rings. The number of aliphatic carboxylic acids is 1. The van der Waals surface area contributed by atoms with Gasteiger partial charge in [0.25, 0.3) is 0 Å². The summed E-state index contributed by atoms with van der Waals surface area (Å²) in [4.78, 5) is 91.6. The van der Waals surface area contributed by atoms with Gasteiger partial charge in [-0.15, -0.1) is 0 Å². The molecule has 26 nitrogen and oxygen atoms in total. The van der Waals surface area contributed by atoms with E-state index < -0.39 is 85.6 Å². The Labute approximate surface area is 480 Å². The van der Waals surface area contributed by atoms with Gasteiger partial charge in [-0.1, -0.05) is 82.9 Å². The summed E-state index contributed by atoms with van der Waals surface area (Å²) in [7, 11) is 0. The first-order chi connectivity index (χ1) is 39.4. The number of aryl methyl sites for hydroxylation is 3. The number of aromatic carboxylic acids is 6. The van der Waals surface area contributed by atoms with E-state index in [9.17, 15) is 64.0 Å². The van der Waals surface area contributed by atoms with Crippen LogP contribution in [0.15, 0.2) is 115 Å². The van der Waals surface area contributed by atoms with Crippen LogP contribution < -0.4 is 0 Å². The second-order valence-electron chi connectivity index (χ2n) is 17.6. The van der Waals surface area contributed by atoms with Crippen molar-refractivity contribution in [3.05, 3.63) is 186 Å². The highest BCUT2D eigenvalue weighted by Gasteiger charge is 2.23. The quantitative estimate of drug-likeness (QED) is 0.0203. The zero-order chi connectivity index (χ0) is 64.2. The standard InChI is InChI=1S/C13H26O2.2C8H7NO5.C8H8O3.3C7H6O3/c1-2-3-4-5-6-7-8-9-10-11-12-13(14)15;2*1-4-2-5(8(11)12)7(10)6(3-4)9(13)14;1-5-4-6(8(10)11)2-3-7(5)9;8-6-3-1-5(2-4-6)7(9)10;8-6-3-1-2-5(4-6)7(9)10;8-6-4-2-1-3-5(6)7(9)10/h2-12H2,1H3,(H,14,15);2*2-3,10H,1H3,(H,11,12);2-4,9H,1H3,(H,10,11);3*1-4,8H,(H,9,10). The highest BCUT2D eigenvalue weighted by molar-refractivity contribution is 5.94. The molecule has 0 aliphatic heterocycles. The summed E-state index contributed by atoms with van der Waals surface area (Å²) in [5, 5.41) is 134. The van der Waals surface area contributed by atoms with E-state index in [0.29, 0.717) is 23.1 Å². The number of carboxylic acid groups (broad SMARTS) is 7. The van der Waals surface area contributed by atoms with Crippen LogP contribution in [0.25, 0.3) is 0 Å². The Hall–Kier alpha value is -10.8. The number of nitro benzene ring substituents is 2. The Morgan fingerprint density at radius 1 is 0.393 bits per heavy atom. The number of para-hydroxylation sites is 1. The van der Waals surface area contributed by atoms with Gasteiger partial charge in [-0.05, 0) is 129 Å². The molecule has 0 aliphatic carbocycles. The van der Waals surface area contributed by atoms with Gasteiger partial charge in [-0.25, -0.2) is 28.8 Å². The number of phenolic OH excluding ortho intramolecular Hbond substituents is 3. The monoisotopic (exact) mass is 1170 g/mol. The fourth-order valence-corrected chi connectivity index (χ4v) is 6.57. The zero-order valence-electron chi connectivity index (χ0n) is 45.9. The maximum absolute atomic E-state index is 10.6. The third kappa shape index (κ3) is 29.4. The molecular weight excluding hydrogens is 1110 g/mol. The number of carbonyl (C=O) groups is 7. The van der Waals surface area contributed by atoms with Crippen LogP contribution in [0.2, 0.25) is 0 Å². The van der Waals surface area contributed by atoms with Gasteiger partial charge in [-0.3, -0.25) is 25.0 Å². The molecule has 6 aromatic rings. The van der Waals surface area contributed by atoms with Gasteiger partial charge < -0.3 is 66.4 Å². The lowest BCUT2D eigenvalue weighted by molar-refractivity contribution is -0.386. The van der Waals surface area contributed by atoms with Crippen molar-refractivity contribution in [1.29, 1.82) is 0 Å². The summed E-state index contributed by atoms with van der Waals surface area (Å²) in [6.07, 6.45) is 12.9. The average molecular weight is 1180 g/mol. The first-order valence-electron chi connectivity index (χ1n) is 25.1. The molecule has 26 heteroatoms. The van der Waals surface area contributed by atoms with Crippen LogP contribution in [-0.2, 0) is 4.79 Å². The van der Waals surface area contributed by atoms with Crippen LogP contribution >= 0.6 is 0 Å².